The molecule has 0 atom stereocenters. The second-order valence-corrected chi connectivity index (χ2v) is 8.85. The van der Waals surface area contributed by atoms with Gasteiger partial charge in [0, 0.05) is 30.6 Å². The van der Waals surface area contributed by atoms with E-state index < -0.39 is 17.6 Å². The SMILES string of the molecule is CC(C)c1c(NC(=O)OC(C)(C)C)nn2c1CC1(CC2)CC(F)(F)C1. The van der Waals surface area contributed by atoms with Crippen LogP contribution < -0.4 is 5.32 Å². The number of anilines is 1. The number of aromatic nitrogens is 2. The van der Waals surface area contributed by atoms with Crippen LogP contribution in [0, 0.1) is 5.41 Å². The van der Waals surface area contributed by atoms with Gasteiger partial charge in [-0.2, -0.15) is 5.10 Å². The van der Waals surface area contributed by atoms with Gasteiger partial charge in [-0.15, -0.1) is 0 Å². The van der Waals surface area contributed by atoms with Gasteiger partial charge in [0.05, 0.1) is 0 Å². The molecule has 1 N–H and O–H groups in total. The summed E-state index contributed by atoms with van der Waals surface area (Å²) in [6.45, 7) is 10.1. The number of halogens is 2. The third-order valence-electron chi connectivity index (χ3n) is 4.96. The number of amides is 1. The largest absolute Gasteiger partial charge is 0.444 e. The maximum absolute atomic E-state index is 13.4. The van der Waals surface area contributed by atoms with E-state index >= 15 is 0 Å². The predicted molar refractivity (Wildman–Crippen MR) is 91.1 cm³/mol. The van der Waals surface area contributed by atoms with E-state index in [1.807, 2.05) is 18.5 Å². The Balaban J connectivity index is 1.84. The van der Waals surface area contributed by atoms with Crippen LogP contribution in [0.4, 0.5) is 19.4 Å². The molecule has 7 heteroatoms. The van der Waals surface area contributed by atoms with E-state index in [0.29, 0.717) is 25.2 Å². The maximum Gasteiger partial charge on any atom is 0.413 e. The molecule has 1 aromatic heterocycles. The molecule has 1 aliphatic heterocycles. The van der Waals surface area contributed by atoms with Gasteiger partial charge in [0.2, 0.25) is 5.92 Å². The lowest BCUT2D eigenvalue weighted by atomic mass is 9.60. The van der Waals surface area contributed by atoms with Gasteiger partial charge in [-0.25, -0.2) is 13.6 Å². The van der Waals surface area contributed by atoms with E-state index in [1.54, 1.807) is 20.8 Å². The van der Waals surface area contributed by atoms with Crippen LogP contribution >= 0.6 is 0 Å². The number of alkyl halides is 2. The summed E-state index contributed by atoms with van der Waals surface area (Å²) in [6.07, 6.45) is 0.671. The van der Waals surface area contributed by atoms with Crippen molar-refractivity contribution in [3.8, 4) is 0 Å². The number of hydrogen-bond donors (Lipinski definition) is 1. The molecule has 2 aliphatic rings. The topological polar surface area (TPSA) is 56.1 Å². The highest BCUT2D eigenvalue weighted by Crippen LogP contribution is 2.57. The van der Waals surface area contributed by atoms with Crippen LogP contribution in [0.15, 0.2) is 0 Å². The average molecular weight is 355 g/mol. The minimum Gasteiger partial charge on any atom is -0.444 e. The van der Waals surface area contributed by atoms with Crippen molar-refractivity contribution in [3.63, 3.8) is 0 Å². The van der Waals surface area contributed by atoms with Crippen molar-refractivity contribution in [2.24, 2.45) is 5.41 Å². The van der Waals surface area contributed by atoms with Gasteiger partial charge in [-0.05, 0) is 44.9 Å². The van der Waals surface area contributed by atoms with Crippen LogP contribution in [-0.2, 0) is 17.7 Å². The molecule has 0 aromatic carbocycles. The summed E-state index contributed by atoms with van der Waals surface area (Å²) in [7, 11) is 0. The van der Waals surface area contributed by atoms with E-state index in [1.165, 1.54) is 0 Å². The van der Waals surface area contributed by atoms with Gasteiger partial charge >= 0.3 is 6.09 Å². The summed E-state index contributed by atoms with van der Waals surface area (Å²) in [4.78, 5) is 12.1. The molecule has 25 heavy (non-hydrogen) atoms. The van der Waals surface area contributed by atoms with E-state index in [-0.39, 0.29) is 24.2 Å². The normalized spacial score (nSPS) is 21.0. The van der Waals surface area contributed by atoms with Crippen LogP contribution in [-0.4, -0.2) is 27.4 Å². The first-order chi connectivity index (χ1) is 11.4. The maximum atomic E-state index is 13.4. The zero-order chi connectivity index (χ0) is 18.6. The van der Waals surface area contributed by atoms with Crippen LogP contribution in [0.5, 0.6) is 0 Å². The molecule has 1 fully saturated rings. The zero-order valence-corrected chi connectivity index (χ0v) is 15.6. The van der Waals surface area contributed by atoms with E-state index in [0.717, 1.165) is 11.3 Å². The molecular formula is C18H27F2N3O2. The van der Waals surface area contributed by atoms with Crippen LogP contribution in [0.25, 0.3) is 0 Å². The molecule has 140 valence electrons. The molecule has 1 saturated carbocycles. The highest BCUT2D eigenvalue weighted by Gasteiger charge is 2.57. The number of fused-ring (bicyclic) bond motifs is 1. The van der Waals surface area contributed by atoms with Gasteiger partial charge in [-0.1, -0.05) is 13.8 Å². The van der Waals surface area contributed by atoms with Crippen molar-refractivity contribution >= 4 is 11.9 Å². The predicted octanol–water partition coefficient (Wildman–Crippen LogP) is 4.72. The van der Waals surface area contributed by atoms with Gasteiger partial charge in [-0.3, -0.25) is 10.00 Å². The van der Waals surface area contributed by atoms with Crippen LogP contribution in [0.3, 0.4) is 0 Å². The Morgan fingerprint density at radius 1 is 1.32 bits per heavy atom. The molecule has 5 nitrogen and oxygen atoms in total. The first-order valence-electron chi connectivity index (χ1n) is 8.87. The lowest BCUT2D eigenvalue weighted by Crippen LogP contribution is -2.50. The summed E-state index contributed by atoms with van der Waals surface area (Å²) < 4.78 is 34.1. The molecule has 0 unspecified atom stereocenters. The van der Waals surface area contributed by atoms with Crippen LogP contribution in [0.1, 0.15) is 71.1 Å². The van der Waals surface area contributed by atoms with Crippen LogP contribution in [0.2, 0.25) is 0 Å². The van der Waals surface area contributed by atoms with Gasteiger partial charge in [0.15, 0.2) is 5.82 Å². The fraction of sp³-hybridized carbons (Fsp3) is 0.778. The summed E-state index contributed by atoms with van der Waals surface area (Å²) in [5, 5.41) is 7.26. The molecule has 0 bridgehead atoms. The quantitative estimate of drug-likeness (QED) is 0.835. The third-order valence-corrected chi connectivity index (χ3v) is 4.96. The van der Waals surface area contributed by atoms with Crippen molar-refractivity contribution < 1.29 is 18.3 Å². The fourth-order valence-corrected chi connectivity index (χ4v) is 4.12. The molecule has 0 saturated heterocycles. The van der Waals surface area contributed by atoms with Crippen molar-refractivity contribution in [2.45, 2.75) is 84.3 Å². The van der Waals surface area contributed by atoms with E-state index in [2.05, 4.69) is 10.4 Å². The third kappa shape index (κ3) is 3.65. The molecule has 1 aliphatic carbocycles. The van der Waals surface area contributed by atoms with Crippen molar-refractivity contribution in [3.05, 3.63) is 11.3 Å². The fourth-order valence-electron chi connectivity index (χ4n) is 4.12. The van der Waals surface area contributed by atoms with Gasteiger partial charge in [0.25, 0.3) is 0 Å². The lowest BCUT2D eigenvalue weighted by molar-refractivity contribution is -0.169. The van der Waals surface area contributed by atoms with Crippen molar-refractivity contribution in [2.75, 3.05) is 5.32 Å². The first-order valence-corrected chi connectivity index (χ1v) is 8.87. The monoisotopic (exact) mass is 355 g/mol. The molecule has 1 spiro atoms. The number of aryl methyl sites for hydroxylation is 1. The number of carbonyl (C=O) groups excluding carboxylic acids is 1. The second kappa shape index (κ2) is 5.68. The average Bonchev–Trinajstić information content (AvgIpc) is 2.70. The minimum atomic E-state index is -2.53. The van der Waals surface area contributed by atoms with Gasteiger partial charge in [0.1, 0.15) is 5.60 Å². The second-order valence-electron chi connectivity index (χ2n) is 8.85. The molecule has 2 heterocycles. The standard InChI is InChI=1S/C18H27F2N3O2/c1-11(2)13-12-8-17(9-18(19,20)10-17)6-7-23(12)22-14(13)21-15(24)25-16(3,4)5/h11H,6-10H2,1-5H3,(H,21,22,24). The van der Waals surface area contributed by atoms with Gasteiger partial charge < -0.3 is 4.74 Å². The zero-order valence-electron chi connectivity index (χ0n) is 15.6. The number of hydrogen-bond acceptors (Lipinski definition) is 3. The van der Waals surface area contributed by atoms with E-state index in [4.69, 9.17) is 4.74 Å². The molecule has 1 amide bonds. The van der Waals surface area contributed by atoms with Crippen molar-refractivity contribution in [1.82, 2.24) is 9.78 Å². The Labute approximate surface area is 147 Å². The number of rotatable bonds is 2. The molecular weight excluding hydrogens is 328 g/mol. The van der Waals surface area contributed by atoms with E-state index in [9.17, 15) is 13.6 Å². The lowest BCUT2D eigenvalue weighted by Gasteiger charge is -2.49. The molecule has 1 aromatic rings. The Hall–Kier alpha value is -1.66. The number of ether oxygens (including phenoxy) is 1. The first kappa shape index (κ1) is 18.1. The molecule has 3 rings (SSSR count). The summed E-state index contributed by atoms with van der Waals surface area (Å²) >= 11 is 0. The Kier molecular flexibility index (Phi) is 4.12. The van der Waals surface area contributed by atoms with Crippen molar-refractivity contribution in [1.29, 1.82) is 0 Å². The highest BCUT2D eigenvalue weighted by molar-refractivity contribution is 5.85. The number of nitrogens with one attached hydrogen (secondary N) is 1. The Morgan fingerprint density at radius 3 is 2.48 bits per heavy atom. The number of nitrogens with zero attached hydrogens (tertiary/aromatic N) is 2. The Bertz CT molecular complexity index is 681. The minimum absolute atomic E-state index is 0.0441. The highest BCUT2D eigenvalue weighted by atomic mass is 19.3. The molecule has 0 radical (unpaired) electrons. The summed E-state index contributed by atoms with van der Waals surface area (Å²) in [5.41, 5.74) is 0.998. The number of carbonyl (C=O) groups is 1. The summed E-state index contributed by atoms with van der Waals surface area (Å²) in [5.74, 6) is -1.91. The Morgan fingerprint density at radius 2 is 1.96 bits per heavy atom. The summed E-state index contributed by atoms with van der Waals surface area (Å²) in [6, 6.07) is 0. The smallest absolute Gasteiger partial charge is 0.413 e.